The Bertz CT molecular complexity index is 4880. The van der Waals surface area contributed by atoms with Gasteiger partial charge in [-0.25, -0.2) is 86.2 Å². The van der Waals surface area contributed by atoms with Crippen LogP contribution in [0.15, 0.2) is 110 Å². The molecule has 0 saturated carbocycles. The fraction of sp³-hybridized carbons (Fsp3) is 0.455. The minimum Gasteiger partial charge on any atom is -0.388 e. The maximum absolute atomic E-state index is 15.0. The number of nitrogens with zero attached hydrogens (tertiary/aromatic N) is 18. The van der Waals surface area contributed by atoms with Crippen LogP contribution in [0, 0.1) is 73.4 Å². The van der Waals surface area contributed by atoms with Gasteiger partial charge in [-0.1, -0.05) is 45.9 Å². The van der Waals surface area contributed by atoms with E-state index < -0.39 is 47.1 Å². The first-order valence-electron chi connectivity index (χ1n) is 41.1. The fourth-order valence-corrected chi connectivity index (χ4v) is 16.9. The van der Waals surface area contributed by atoms with E-state index in [1.165, 1.54) is 49.6 Å². The Balaban J connectivity index is 0.000000152. The molecule has 12 aromatic rings. The molecule has 29 heteroatoms. The lowest BCUT2D eigenvalue weighted by Crippen LogP contribution is -2.24. The molecule has 0 radical (unpaired) electrons. The highest BCUT2D eigenvalue weighted by Gasteiger charge is 2.30. The number of anilines is 6. The molecule has 0 spiro atoms. The summed E-state index contributed by atoms with van der Waals surface area (Å²) >= 11 is 0. The molecule has 0 bridgehead atoms. The van der Waals surface area contributed by atoms with Crippen molar-refractivity contribution in [1.29, 1.82) is 0 Å². The Morgan fingerprint density at radius 3 is 0.949 bits per heavy atom. The summed E-state index contributed by atoms with van der Waals surface area (Å²) in [5, 5.41) is 31.0. The van der Waals surface area contributed by atoms with Crippen molar-refractivity contribution in [2.45, 2.75) is 184 Å². The molecule has 3 aromatic carbocycles. The SMILES string of the molecule is CCN1CCCC(C(C)c2ccc(Nc3ncc(F)c(-c4cc(F)c5nc(C)n(C(C)C)c5c4)n3)nc2)CC1.CCN1CCCC([C@@H](O)c2ccc(Nc3ncc(F)c(-c4cc(F)c5nc(C)n(C(C)C)c5c4)n3)nc2)CC1.CCN1CCCC([C@H](O)c2ccc(Nc3ncc(F)c(-c4cc(F)c5nc(C)n(C(C)C)c5c4)n3)nc2)CC1. The highest BCUT2D eigenvalue weighted by atomic mass is 19.1. The van der Waals surface area contributed by atoms with Crippen molar-refractivity contribution in [3.63, 3.8) is 0 Å². The van der Waals surface area contributed by atoms with Crippen LogP contribution in [0.4, 0.5) is 61.6 Å². The summed E-state index contributed by atoms with van der Waals surface area (Å²) in [6.07, 6.45) is 16.9. The van der Waals surface area contributed by atoms with Crippen LogP contribution in [-0.4, -0.2) is 157 Å². The van der Waals surface area contributed by atoms with Gasteiger partial charge in [0.05, 0.1) is 47.3 Å². The molecule has 6 atom stereocenters. The number of nitrogens with one attached hydrogen (secondary N) is 3. The number of pyridine rings is 3. The zero-order chi connectivity index (χ0) is 83.0. The largest absolute Gasteiger partial charge is 0.388 e. The molecule has 9 aromatic heterocycles. The van der Waals surface area contributed by atoms with Crippen LogP contribution in [0.25, 0.3) is 66.9 Å². The number of hydrogen-bond donors (Lipinski definition) is 5. The monoisotopic (exact) mass is 1600 g/mol. The Kier molecular flexibility index (Phi) is 27.0. The standard InChI is InChI=1S/C30H37F2N7.2C29H35F2N7O/c1-6-38-12-7-8-21(11-13-38)19(4)22-9-10-27(33-16-22)36-30-34-17-25(32)28(37-30)23-14-24(31)29-26(15-23)39(18(2)3)20(5)35-29;2*1-5-37-11-6-7-19(10-12-37)28(39)20-8-9-25(32-15-20)35-29-33-16-23(31)26(36-29)21-13-22(30)27-24(14-21)38(17(2)3)18(4)34-27/h9-10,14-19,21H,6-8,11-13H2,1-5H3,(H,33,34,36,37);2*8-9,13-17,19,28,39H,5-7,10-12H2,1-4H3,(H,32,33,35,36)/t;2*19?,28-/m.10/s1. The molecule has 618 valence electrons. The van der Waals surface area contributed by atoms with Gasteiger partial charge in [0.25, 0.3) is 0 Å². The molecule has 3 aliphatic rings. The first-order chi connectivity index (χ1) is 56.2. The highest BCUT2D eigenvalue weighted by molar-refractivity contribution is 5.85. The van der Waals surface area contributed by atoms with E-state index in [1.54, 1.807) is 42.7 Å². The van der Waals surface area contributed by atoms with Crippen LogP contribution in [0.2, 0.25) is 0 Å². The Labute approximate surface area is 679 Å². The number of aliphatic hydroxyl groups is 2. The zero-order valence-corrected chi connectivity index (χ0v) is 69.0. The number of likely N-dealkylation sites (tertiary alicyclic amines) is 3. The number of aliphatic hydroxyl groups excluding tert-OH is 2. The Morgan fingerprint density at radius 2 is 0.658 bits per heavy atom. The van der Waals surface area contributed by atoms with Crippen molar-refractivity contribution in [3.8, 4) is 33.8 Å². The number of rotatable bonds is 21. The third-order valence-corrected chi connectivity index (χ3v) is 23.2. The van der Waals surface area contributed by atoms with Gasteiger partial charge in [-0.05, 0) is 274 Å². The van der Waals surface area contributed by atoms with E-state index in [2.05, 4.69) is 124 Å². The lowest BCUT2D eigenvalue weighted by Gasteiger charge is -2.23. The predicted molar refractivity (Wildman–Crippen MR) is 447 cm³/mol. The van der Waals surface area contributed by atoms with Crippen molar-refractivity contribution < 1.29 is 36.6 Å². The average Bonchev–Trinajstić information content (AvgIpc) is 1.65. The van der Waals surface area contributed by atoms with Crippen LogP contribution < -0.4 is 16.0 Å². The van der Waals surface area contributed by atoms with Crippen molar-refractivity contribution in [1.82, 2.24) is 88.2 Å². The van der Waals surface area contributed by atoms with Crippen LogP contribution >= 0.6 is 0 Å². The first-order valence-corrected chi connectivity index (χ1v) is 41.1. The van der Waals surface area contributed by atoms with Gasteiger partial charge in [-0.15, -0.1) is 0 Å². The summed E-state index contributed by atoms with van der Waals surface area (Å²) in [5.74, 6) is 1.89. The van der Waals surface area contributed by atoms with E-state index in [0.717, 1.165) is 121 Å². The molecular formula is C88H107F6N21O2. The number of hydrogen-bond acceptors (Lipinski definition) is 20. The normalized spacial score (nSPS) is 17.5. The van der Waals surface area contributed by atoms with Gasteiger partial charge in [0, 0.05) is 53.4 Å². The number of fused-ring (bicyclic) bond motifs is 3. The summed E-state index contributed by atoms with van der Waals surface area (Å²) < 4.78 is 95.3. The molecular weight excluding hydrogens is 1500 g/mol. The van der Waals surface area contributed by atoms with Crippen molar-refractivity contribution >= 4 is 68.4 Å². The van der Waals surface area contributed by atoms with E-state index in [9.17, 15) is 36.6 Å². The van der Waals surface area contributed by atoms with Gasteiger partial charge >= 0.3 is 0 Å². The van der Waals surface area contributed by atoms with Gasteiger partial charge in [0.2, 0.25) is 17.8 Å². The number of benzene rings is 3. The van der Waals surface area contributed by atoms with Crippen molar-refractivity contribution in [2.24, 2.45) is 17.8 Å². The van der Waals surface area contributed by atoms with Gasteiger partial charge in [0.1, 0.15) is 68.6 Å². The third-order valence-electron chi connectivity index (χ3n) is 23.2. The number of imidazole rings is 3. The molecule has 3 fully saturated rings. The predicted octanol–water partition coefficient (Wildman–Crippen LogP) is 18.9. The summed E-state index contributed by atoms with van der Waals surface area (Å²) in [4.78, 5) is 59.1. The highest BCUT2D eigenvalue weighted by Crippen LogP contribution is 2.39. The molecule has 15 rings (SSSR count). The van der Waals surface area contributed by atoms with Crippen LogP contribution in [0.5, 0.6) is 0 Å². The maximum atomic E-state index is 15.0. The molecule has 0 aliphatic carbocycles. The average molecular weight is 1600 g/mol. The number of halogens is 6. The van der Waals surface area contributed by atoms with Crippen molar-refractivity contribution in [2.75, 3.05) is 74.9 Å². The summed E-state index contributed by atoms with van der Waals surface area (Å²) in [5.41, 5.74) is 6.13. The minimum atomic E-state index is -0.664. The smallest absolute Gasteiger partial charge is 0.229 e. The second kappa shape index (κ2) is 37.4. The number of aromatic nitrogens is 15. The Morgan fingerprint density at radius 1 is 0.359 bits per heavy atom. The molecule has 5 N–H and O–H groups in total. The minimum absolute atomic E-state index is 0.0159. The Hall–Kier alpha value is -10.5. The quantitative estimate of drug-likeness (QED) is 0.0419. The van der Waals surface area contributed by atoms with Crippen molar-refractivity contribution in [3.05, 3.63) is 179 Å². The third kappa shape index (κ3) is 19.4. The van der Waals surface area contributed by atoms with E-state index in [-0.39, 0.29) is 81.4 Å². The van der Waals surface area contributed by atoms with E-state index >= 15 is 0 Å². The van der Waals surface area contributed by atoms with Gasteiger partial charge in [0.15, 0.2) is 34.9 Å². The lowest BCUT2D eigenvalue weighted by atomic mass is 9.83. The van der Waals surface area contributed by atoms with Crippen LogP contribution in [0.1, 0.15) is 197 Å². The summed E-state index contributed by atoms with van der Waals surface area (Å²) in [6, 6.07) is 20.2. The van der Waals surface area contributed by atoms with E-state index in [0.29, 0.717) is 80.0 Å². The van der Waals surface area contributed by atoms with E-state index in [1.807, 2.05) is 100 Å². The maximum Gasteiger partial charge on any atom is 0.229 e. The molecule has 0 amide bonds. The second-order valence-corrected chi connectivity index (χ2v) is 31.9. The fourth-order valence-electron chi connectivity index (χ4n) is 16.9. The van der Waals surface area contributed by atoms with E-state index in [4.69, 9.17) is 0 Å². The van der Waals surface area contributed by atoms with Crippen LogP contribution in [0.3, 0.4) is 0 Å². The summed E-state index contributed by atoms with van der Waals surface area (Å²) in [7, 11) is 0. The zero-order valence-electron chi connectivity index (χ0n) is 69.0. The molecule has 3 aliphatic heterocycles. The molecule has 3 saturated heterocycles. The molecule has 23 nitrogen and oxygen atoms in total. The second-order valence-electron chi connectivity index (χ2n) is 31.9. The van der Waals surface area contributed by atoms with Gasteiger partial charge in [-0.2, -0.15) is 0 Å². The molecule has 12 heterocycles. The molecule has 117 heavy (non-hydrogen) atoms. The van der Waals surface area contributed by atoms with Gasteiger partial charge < -0.3 is 54.6 Å². The van der Waals surface area contributed by atoms with Gasteiger partial charge in [-0.3, -0.25) is 0 Å². The topological polar surface area (TPSA) is 256 Å². The lowest BCUT2D eigenvalue weighted by molar-refractivity contribution is 0.0982. The van der Waals surface area contributed by atoms with Crippen LogP contribution in [-0.2, 0) is 0 Å². The number of aryl methyl sites for hydroxylation is 3. The first kappa shape index (κ1) is 84.5. The summed E-state index contributed by atoms with van der Waals surface area (Å²) in [6.45, 7) is 35.9. The molecule has 4 unspecified atom stereocenters.